The molecule has 0 aliphatic rings. The lowest BCUT2D eigenvalue weighted by Crippen LogP contribution is -2.54. The Morgan fingerprint density at radius 3 is 1.89 bits per heavy atom. The Bertz CT molecular complexity index is 1770. The zero-order valence-corrected chi connectivity index (χ0v) is 39.9. The highest BCUT2D eigenvalue weighted by Crippen LogP contribution is 2.24. The maximum absolute atomic E-state index is 14.3. The van der Waals surface area contributed by atoms with E-state index in [9.17, 15) is 39.0 Å². The molecule has 1 heterocycles. The number of amides is 4. The molecule has 0 fully saturated rings. The van der Waals surface area contributed by atoms with Gasteiger partial charge in [0.25, 0.3) is 0 Å². The molecule has 0 unspecified atom stereocenters. The van der Waals surface area contributed by atoms with Crippen LogP contribution in [-0.4, -0.2) is 101 Å². The van der Waals surface area contributed by atoms with Crippen LogP contribution in [0.3, 0.4) is 0 Å². The fourth-order valence-corrected chi connectivity index (χ4v) is 8.23. The van der Waals surface area contributed by atoms with Crippen LogP contribution in [-0.2, 0) is 35.2 Å². The number of aliphatic hydroxyl groups is 2. The molecule has 16 heteroatoms. The van der Waals surface area contributed by atoms with E-state index in [0.29, 0.717) is 12.8 Å². The number of H-pyrrole nitrogens is 1. The van der Waals surface area contributed by atoms with Gasteiger partial charge in [-0.15, -0.1) is 0 Å². The monoisotopic (exact) mass is 911 g/mol. The third-order valence-corrected chi connectivity index (χ3v) is 11.9. The Labute approximate surface area is 387 Å². The Morgan fingerprint density at radius 2 is 1.32 bits per heavy atom. The van der Waals surface area contributed by atoms with E-state index >= 15 is 0 Å². The van der Waals surface area contributed by atoms with Crippen molar-refractivity contribution >= 4 is 52.1 Å². The minimum absolute atomic E-state index is 0.0553. The number of benzene rings is 1. The van der Waals surface area contributed by atoms with Gasteiger partial charge >= 0.3 is 0 Å². The average Bonchev–Trinajstić information content (AvgIpc) is 3.68. The Kier molecular flexibility index (Phi) is 27.7. The summed E-state index contributed by atoms with van der Waals surface area (Å²) in [6.07, 6.45) is 15.9. The Morgan fingerprint density at radius 1 is 0.723 bits per heavy atom. The third-order valence-electron chi connectivity index (χ3n) is 11.9. The van der Waals surface area contributed by atoms with Gasteiger partial charge in [-0.1, -0.05) is 116 Å². The van der Waals surface area contributed by atoms with Crippen molar-refractivity contribution in [3.63, 3.8) is 0 Å². The van der Waals surface area contributed by atoms with E-state index in [2.05, 4.69) is 38.2 Å². The number of aromatic nitrogens is 1. The first-order valence-corrected chi connectivity index (χ1v) is 24.2. The Hall–Kier alpha value is -4.83. The van der Waals surface area contributed by atoms with Crippen LogP contribution in [0.5, 0.6) is 0 Å². The number of guanidine groups is 1. The third kappa shape index (κ3) is 22.3. The quantitative estimate of drug-likeness (QED) is 0.0250. The van der Waals surface area contributed by atoms with Crippen molar-refractivity contribution < 1.29 is 39.0 Å². The molecule has 0 saturated heterocycles. The van der Waals surface area contributed by atoms with Gasteiger partial charge < -0.3 is 47.9 Å². The number of aliphatic hydroxyl groups excluding tert-OH is 2. The summed E-state index contributed by atoms with van der Waals surface area (Å²) in [5, 5.41) is 32.4. The lowest BCUT2D eigenvalue weighted by molar-refractivity contribution is -0.136. The highest BCUT2D eigenvalue weighted by Gasteiger charge is 2.35. The van der Waals surface area contributed by atoms with Crippen LogP contribution in [0.25, 0.3) is 10.9 Å². The summed E-state index contributed by atoms with van der Waals surface area (Å²) in [6.45, 7) is 6.90. The number of fused-ring (bicyclic) bond motifs is 1. The van der Waals surface area contributed by atoms with Crippen molar-refractivity contribution in [3.05, 3.63) is 36.0 Å². The van der Waals surface area contributed by atoms with Gasteiger partial charge in [-0.2, -0.15) is 0 Å². The number of Topliss-reactive ketones (excluding diaryl/α,β-unsaturated/α-hetero) is 2. The highest BCUT2D eigenvalue weighted by molar-refractivity contribution is 5.97. The van der Waals surface area contributed by atoms with E-state index in [1.807, 2.05) is 38.1 Å². The summed E-state index contributed by atoms with van der Waals surface area (Å²) in [5.74, 6) is -5.01. The number of nitrogens with two attached hydrogens (primary N) is 2. The predicted octanol–water partition coefficient (Wildman–Crippen LogP) is 5.02. The van der Waals surface area contributed by atoms with Crippen molar-refractivity contribution in [2.45, 2.75) is 180 Å². The molecule has 2 aromatic rings. The predicted molar refractivity (Wildman–Crippen MR) is 257 cm³/mol. The summed E-state index contributed by atoms with van der Waals surface area (Å²) < 4.78 is 0. The molecule has 65 heavy (non-hydrogen) atoms. The summed E-state index contributed by atoms with van der Waals surface area (Å²) in [6, 6.07) is 3.60. The molecule has 1 aromatic carbocycles. The summed E-state index contributed by atoms with van der Waals surface area (Å²) in [7, 11) is 1.48. The number of hydrogen-bond donors (Lipinski definition) is 9. The van der Waals surface area contributed by atoms with Crippen molar-refractivity contribution in [3.8, 4) is 0 Å². The zero-order chi connectivity index (χ0) is 48.1. The molecule has 0 saturated carbocycles. The van der Waals surface area contributed by atoms with E-state index in [1.165, 1.54) is 71.8 Å². The fraction of sp³-hybridized carbons (Fsp3) is 0.694. The molecule has 6 atom stereocenters. The molecule has 11 N–H and O–H groups in total. The molecule has 0 spiro atoms. The number of carbonyl (C=O) groups excluding carboxylic acids is 6. The lowest BCUT2D eigenvalue weighted by atomic mass is 9.87. The minimum atomic E-state index is -1.37. The fourth-order valence-electron chi connectivity index (χ4n) is 8.23. The molecule has 2 rings (SSSR count). The van der Waals surface area contributed by atoms with Gasteiger partial charge in [0.05, 0.1) is 18.8 Å². The molecule has 1 aromatic heterocycles. The van der Waals surface area contributed by atoms with E-state index in [1.54, 1.807) is 6.20 Å². The van der Waals surface area contributed by atoms with Crippen molar-refractivity contribution in [2.24, 2.45) is 34.2 Å². The molecule has 0 aliphatic heterocycles. The molecule has 0 radical (unpaired) electrons. The number of nitrogens with one attached hydrogen (secondary N) is 5. The van der Waals surface area contributed by atoms with Crippen LogP contribution in [0.1, 0.15) is 155 Å². The molecular formula is C49H82N8O8. The van der Waals surface area contributed by atoms with Crippen LogP contribution < -0.4 is 32.7 Å². The number of para-hydroxylation sites is 1. The largest absolute Gasteiger partial charge is 0.394 e. The second-order valence-electron chi connectivity index (χ2n) is 18.1. The van der Waals surface area contributed by atoms with Crippen LogP contribution in [0.2, 0.25) is 0 Å². The van der Waals surface area contributed by atoms with Crippen molar-refractivity contribution in [1.29, 1.82) is 0 Å². The first kappa shape index (κ1) is 56.3. The highest BCUT2D eigenvalue weighted by atomic mass is 16.3. The normalized spacial score (nSPS) is 14.2. The number of unbranched alkanes of at least 4 members (excludes halogenated alkanes) is 12. The van der Waals surface area contributed by atoms with Crippen LogP contribution >= 0.6 is 0 Å². The van der Waals surface area contributed by atoms with Gasteiger partial charge in [0.1, 0.15) is 12.1 Å². The van der Waals surface area contributed by atoms with E-state index in [0.717, 1.165) is 35.7 Å². The standard InChI is InChI=1S/C49H82N8O8/c1-6-7-8-9-10-11-12-13-14-15-16-17-18-25-44(62)55-41(32-58)48(65)56-40(24-21-26-53-49(50)51)42(60)29-36(28-37-31-54-39-23-20-19-22-38(37)39)47(64)57-45(34(4)59)43(61)30-35(27-33(2)3)46(63)52-5/h19-20,22-23,31,33-36,40-41,45,54,58-59H,6-18,21,24-30,32H2,1-5H3,(H,52,63)(H,55,62)(H,56,65)(H,57,64)(H4,50,51,53)/t34-,35-,36-,40+,41+,45+/m1/s1. The number of aliphatic imine (C=N–C) groups is 1. The maximum Gasteiger partial charge on any atom is 0.245 e. The van der Waals surface area contributed by atoms with Gasteiger partial charge in [0, 0.05) is 61.8 Å². The number of hydrogen-bond acceptors (Lipinski definition) is 9. The number of aromatic amines is 1. The average molecular weight is 911 g/mol. The van der Waals surface area contributed by atoms with E-state index in [-0.39, 0.29) is 68.8 Å². The van der Waals surface area contributed by atoms with Crippen LogP contribution in [0.4, 0.5) is 0 Å². The van der Waals surface area contributed by atoms with Gasteiger partial charge in [-0.05, 0) is 56.6 Å². The molecule has 0 aliphatic carbocycles. The lowest BCUT2D eigenvalue weighted by Gasteiger charge is -2.27. The van der Waals surface area contributed by atoms with E-state index in [4.69, 9.17) is 11.5 Å². The number of carbonyl (C=O) groups is 6. The van der Waals surface area contributed by atoms with Gasteiger partial charge in [0.15, 0.2) is 17.5 Å². The van der Waals surface area contributed by atoms with Gasteiger partial charge in [-0.25, -0.2) is 0 Å². The number of nitrogens with zero attached hydrogens (tertiary/aromatic N) is 1. The van der Waals surface area contributed by atoms with Crippen LogP contribution in [0, 0.1) is 17.8 Å². The second kappa shape index (κ2) is 31.9. The maximum atomic E-state index is 14.3. The summed E-state index contributed by atoms with van der Waals surface area (Å²) in [5.41, 5.74) is 12.6. The SMILES string of the molecule is CCCCCCCCCCCCCCCC(=O)N[C@@H](CO)C(=O)N[C@@H](CCCN=C(N)N)C(=O)C[C@@H](Cc1c[nH]c2ccccc12)C(=O)N[C@H](C(=O)C[C@@H](CC(C)C)C(=O)NC)[C@@H](C)O. The van der Waals surface area contributed by atoms with Crippen molar-refractivity contribution in [1.82, 2.24) is 26.3 Å². The van der Waals surface area contributed by atoms with Gasteiger partial charge in [0.2, 0.25) is 23.6 Å². The first-order chi connectivity index (χ1) is 31.1. The topological polar surface area (TPSA) is 271 Å². The molecule has 16 nitrogen and oxygen atoms in total. The van der Waals surface area contributed by atoms with E-state index < -0.39 is 66.1 Å². The number of ketones is 2. The Balaban J connectivity index is 2.19. The summed E-state index contributed by atoms with van der Waals surface area (Å²) >= 11 is 0. The molecule has 366 valence electrons. The van der Waals surface area contributed by atoms with Gasteiger partial charge in [-0.3, -0.25) is 33.8 Å². The molecule has 4 amide bonds. The first-order valence-electron chi connectivity index (χ1n) is 24.2. The summed E-state index contributed by atoms with van der Waals surface area (Å²) in [4.78, 5) is 88.6. The number of rotatable bonds is 36. The smallest absolute Gasteiger partial charge is 0.245 e. The van der Waals surface area contributed by atoms with Crippen LogP contribution in [0.15, 0.2) is 35.5 Å². The molecular weight excluding hydrogens is 829 g/mol. The second-order valence-corrected chi connectivity index (χ2v) is 18.1. The molecule has 0 bridgehead atoms. The zero-order valence-electron chi connectivity index (χ0n) is 39.9. The van der Waals surface area contributed by atoms with Crippen molar-refractivity contribution in [2.75, 3.05) is 20.2 Å². The minimum Gasteiger partial charge on any atom is -0.394 e.